The van der Waals surface area contributed by atoms with Crippen molar-refractivity contribution in [2.24, 2.45) is 0 Å². The van der Waals surface area contributed by atoms with Crippen LogP contribution in [0, 0.1) is 0 Å². The van der Waals surface area contributed by atoms with E-state index in [1.807, 2.05) is 65.3 Å². The van der Waals surface area contributed by atoms with Gasteiger partial charge in [0, 0.05) is 17.0 Å². The van der Waals surface area contributed by atoms with Crippen molar-refractivity contribution in [3.8, 4) is 16.9 Å². The van der Waals surface area contributed by atoms with Gasteiger partial charge in [0.1, 0.15) is 0 Å². The molecule has 3 aromatic rings. The third kappa shape index (κ3) is 3.60. The van der Waals surface area contributed by atoms with Crippen molar-refractivity contribution in [2.45, 2.75) is 12.8 Å². The quantitative estimate of drug-likeness (QED) is 0.764. The molecule has 5 heteroatoms. The standard InChI is InChI=1S/C18H15ClN2O2/c19-14-6-4-5-13(11-14)17-12-15(9-10-18(22)23)20-21(17)16-7-2-1-3-8-16/h1-8,11-12H,9-10H2,(H,22,23). The molecule has 0 aliphatic rings. The number of nitrogens with zero attached hydrogens (tertiary/aromatic N) is 2. The van der Waals surface area contributed by atoms with E-state index in [9.17, 15) is 4.79 Å². The number of rotatable bonds is 5. The third-order valence-corrected chi connectivity index (χ3v) is 3.71. The van der Waals surface area contributed by atoms with Gasteiger partial charge in [-0.2, -0.15) is 5.10 Å². The van der Waals surface area contributed by atoms with Gasteiger partial charge in [-0.05, 0) is 30.3 Å². The average molecular weight is 327 g/mol. The molecule has 0 atom stereocenters. The summed E-state index contributed by atoms with van der Waals surface area (Å²) in [6, 6.07) is 19.2. The van der Waals surface area contributed by atoms with Crippen LogP contribution in [0.1, 0.15) is 12.1 Å². The van der Waals surface area contributed by atoms with Crippen molar-refractivity contribution in [1.29, 1.82) is 0 Å². The second kappa shape index (κ2) is 6.67. The first-order valence-electron chi connectivity index (χ1n) is 7.25. The number of carboxylic acid groups (broad SMARTS) is 1. The molecule has 1 heterocycles. The van der Waals surface area contributed by atoms with Crippen LogP contribution < -0.4 is 0 Å². The Morgan fingerprint density at radius 2 is 1.87 bits per heavy atom. The molecule has 0 saturated carbocycles. The minimum Gasteiger partial charge on any atom is -0.481 e. The summed E-state index contributed by atoms with van der Waals surface area (Å²) in [5, 5.41) is 14.1. The van der Waals surface area contributed by atoms with E-state index in [-0.39, 0.29) is 6.42 Å². The van der Waals surface area contributed by atoms with E-state index in [4.69, 9.17) is 16.7 Å². The fourth-order valence-corrected chi connectivity index (χ4v) is 2.60. The molecular weight excluding hydrogens is 312 g/mol. The van der Waals surface area contributed by atoms with Gasteiger partial charge in [-0.25, -0.2) is 4.68 Å². The molecule has 0 fully saturated rings. The lowest BCUT2D eigenvalue weighted by atomic mass is 10.1. The van der Waals surface area contributed by atoms with E-state index in [2.05, 4.69) is 5.10 Å². The van der Waals surface area contributed by atoms with E-state index in [0.29, 0.717) is 11.4 Å². The third-order valence-electron chi connectivity index (χ3n) is 3.48. The Hall–Kier alpha value is -2.59. The van der Waals surface area contributed by atoms with Crippen LogP contribution in [0.4, 0.5) is 0 Å². The zero-order chi connectivity index (χ0) is 16.2. The van der Waals surface area contributed by atoms with Crippen molar-refractivity contribution >= 4 is 17.6 Å². The van der Waals surface area contributed by atoms with Gasteiger partial charge < -0.3 is 5.11 Å². The highest BCUT2D eigenvalue weighted by molar-refractivity contribution is 6.30. The number of carbonyl (C=O) groups is 1. The molecule has 0 amide bonds. The maximum absolute atomic E-state index is 10.8. The van der Waals surface area contributed by atoms with Gasteiger partial charge in [-0.3, -0.25) is 4.79 Å². The Morgan fingerprint density at radius 3 is 2.57 bits per heavy atom. The molecule has 0 saturated heterocycles. The Labute approximate surface area is 139 Å². The van der Waals surface area contributed by atoms with Gasteiger partial charge in [0.05, 0.1) is 23.5 Å². The number of para-hydroxylation sites is 1. The minimum absolute atomic E-state index is 0.0563. The molecule has 1 N–H and O–H groups in total. The number of benzene rings is 2. The van der Waals surface area contributed by atoms with Crippen molar-refractivity contribution < 1.29 is 9.90 Å². The maximum Gasteiger partial charge on any atom is 0.303 e. The van der Waals surface area contributed by atoms with Crippen LogP contribution in [-0.2, 0) is 11.2 Å². The molecule has 0 unspecified atom stereocenters. The molecule has 23 heavy (non-hydrogen) atoms. The van der Waals surface area contributed by atoms with E-state index in [1.54, 1.807) is 0 Å². The maximum atomic E-state index is 10.8. The second-order valence-electron chi connectivity index (χ2n) is 5.17. The Morgan fingerprint density at radius 1 is 1.09 bits per heavy atom. The summed E-state index contributed by atoms with van der Waals surface area (Å²) in [6.07, 6.45) is 0.448. The normalized spacial score (nSPS) is 10.7. The highest BCUT2D eigenvalue weighted by Crippen LogP contribution is 2.26. The molecule has 1 aromatic heterocycles. The average Bonchev–Trinajstić information content (AvgIpc) is 2.98. The highest BCUT2D eigenvalue weighted by Gasteiger charge is 2.13. The number of aliphatic carboxylic acids is 1. The summed E-state index contributed by atoms with van der Waals surface area (Å²) in [4.78, 5) is 10.8. The first-order valence-corrected chi connectivity index (χ1v) is 7.63. The van der Waals surface area contributed by atoms with Crippen molar-refractivity contribution in [3.63, 3.8) is 0 Å². The number of hydrogen-bond acceptors (Lipinski definition) is 2. The number of halogens is 1. The lowest BCUT2D eigenvalue weighted by molar-refractivity contribution is -0.136. The molecule has 0 radical (unpaired) electrons. The van der Waals surface area contributed by atoms with Crippen molar-refractivity contribution in [3.05, 3.63) is 71.4 Å². The summed E-state index contributed by atoms with van der Waals surface area (Å²) < 4.78 is 1.82. The van der Waals surface area contributed by atoms with Gasteiger partial charge in [-0.1, -0.05) is 41.9 Å². The molecular formula is C18H15ClN2O2. The zero-order valence-corrected chi connectivity index (χ0v) is 13.1. The van der Waals surface area contributed by atoms with Crippen LogP contribution in [0.15, 0.2) is 60.7 Å². The molecule has 0 aliphatic carbocycles. The van der Waals surface area contributed by atoms with Gasteiger partial charge in [0.2, 0.25) is 0 Å². The minimum atomic E-state index is -0.830. The number of aryl methyl sites for hydroxylation is 1. The Balaban J connectivity index is 2.07. The molecule has 3 rings (SSSR count). The summed E-state index contributed by atoms with van der Waals surface area (Å²) >= 11 is 6.10. The smallest absolute Gasteiger partial charge is 0.303 e. The van der Waals surface area contributed by atoms with Crippen LogP contribution in [0.2, 0.25) is 5.02 Å². The predicted molar refractivity (Wildman–Crippen MR) is 90.0 cm³/mol. The van der Waals surface area contributed by atoms with Crippen molar-refractivity contribution in [2.75, 3.05) is 0 Å². The number of aromatic nitrogens is 2. The SMILES string of the molecule is O=C(O)CCc1cc(-c2cccc(Cl)c2)n(-c2ccccc2)n1. The second-order valence-corrected chi connectivity index (χ2v) is 5.61. The lowest BCUT2D eigenvalue weighted by Crippen LogP contribution is -2.01. The molecule has 4 nitrogen and oxygen atoms in total. The lowest BCUT2D eigenvalue weighted by Gasteiger charge is -2.07. The molecule has 0 bridgehead atoms. The molecule has 2 aromatic carbocycles. The van der Waals surface area contributed by atoms with E-state index < -0.39 is 5.97 Å². The largest absolute Gasteiger partial charge is 0.481 e. The number of hydrogen-bond donors (Lipinski definition) is 1. The summed E-state index contributed by atoms with van der Waals surface area (Å²) in [5.41, 5.74) is 3.49. The summed E-state index contributed by atoms with van der Waals surface area (Å²) in [7, 11) is 0. The van der Waals surface area contributed by atoms with E-state index >= 15 is 0 Å². The Kier molecular flexibility index (Phi) is 4.44. The van der Waals surface area contributed by atoms with Crippen LogP contribution in [0.5, 0.6) is 0 Å². The monoisotopic (exact) mass is 326 g/mol. The zero-order valence-electron chi connectivity index (χ0n) is 12.3. The molecule has 116 valence electrons. The van der Waals surface area contributed by atoms with Crippen molar-refractivity contribution in [1.82, 2.24) is 9.78 Å². The molecule has 0 spiro atoms. The fraction of sp³-hybridized carbons (Fsp3) is 0.111. The fourth-order valence-electron chi connectivity index (χ4n) is 2.41. The highest BCUT2D eigenvalue weighted by atomic mass is 35.5. The number of carboxylic acids is 1. The van der Waals surface area contributed by atoms with E-state index in [0.717, 1.165) is 22.6 Å². The van der Waals surface area contributed by atoms with Crippen LogP contribution in [-0.4, -0.2) is 20.9 Å². The summed E-state index contributed by atoms with van der Waals surface area (Å²) in [5.74, 6) is -0.830. The molecule has 0 aliphatic heterocycles. The van der Waals surface area contributed by atoms with Crippen LogP contribution >= 0.6 is 11.6 Å². The first-order chi connectivity index (χ1) is 11.1. The van der Waals surface area contributed by atoms with Gasteiger partial charge in [-0.15, -0.1) is 0 Å². The van der Waals surface area contributed by atoms with E-state index in [1.165, 1.54) is 0 Å². The topological polar surface area (TPSA) is 55.1 Å². The first kappa shape index (κ1) is 15.3. The Bertz CT molecular complexity index is 828. The van der Waals surface area contributed by atoms with Gasteiger partial charge in [0.25, 0.3) is 0 Å². The summed E-state index contributed by atoms with van der Waals surface area (Å²) in [6.45, 7) is 0. The predicted octanol–water partition coefficient (Wildman–Crippen LogP) is 4.21. The van der Waals surface area contributed by atoms with Gasteiger partial charge >= 0.3 is 5.97 Å². The van der Waals surface area contributed by atoms with Gasteiger partial charge in [0.15, 0.2) is 0 Å². The van der Waals surface area contributed by atoms with Crippen LogP contribution in [0.25, 0.3) is 16.9 Å². The van der Waals surface area contributed by atoms with Crippen LogP contribution in [0.3, 0.4) is 0 Å².